The summed E-state index contributed by atoms with van der Waals surface area (Å²) in [5, 5.41) is 0. The Labute approximate surface area is 119 Å². The van der Waals surface area contributed by atoms with Gasteiger partial charge in [-0.15, -0.1) is 0 Å². The number of nitrogens with zero attached hydrogens (tertiary/aromatic N) is 1. The second kappa shape index (κ2) is 5.55. The van der Waals surface area contributed by atoms with Crippen molar-refractivity contribution in [2.24, 2.45) is 0 Å². The van der Waals surface area contributed by atoms with E-state index in [1.807, 2.05) is 0 Å². The van der Waals surface area contributed by atoms with Crippen LogP contribution >= 0.6 is 11.8 Å². The number of hydrogen-bond acceptors (Lipinski definition) is 3. The summed E-state index contributed by atoms with van der Waals surface area (Å²) in [6, 6.07) is 2.91. The third-order valence-corrected chi connectivity index (χ3v) is 4.53. The fourth-order valence-corrected chi connectivity index (χ4v) is 3.37. The molecule has 1 saturated heterocycles. The van der Waals surface area contributed by atoms with Crippen LogP contribution in [0.5, 0.6) is 0 Å². The molecule has 7 heteroatoms. The topological polar surface area (TPSA) is 46.3 Å². The first kappa shape index (κ1) is 15.0. The highest BCUT2D eigenvalue weighted by Gasteiger charge is 2.33. The summed E-state index contributed by atoms with van der Waals surface area (Å²) in [6.45, 7) is 0. The zero-order valence-electron chi connectivity index (χ0n) is 10.9. The van der Waals surface area contributed by atoms with E-state index in [1.165, 1.54) is 4.90 Å². The largest absolute Gasteiger partial charge is 0.416 e. The number of anilines is 1. The predicted molar refractivity (Wildman–Crippen MR) is 73.7 cm³/mol. The minimum atomic E-state index is -4.48. The van der Waals surface area contributed by atoms with E-state index < -0.39 is 17.6 Å². The maximum atomic E-state index is 12.7. The van der Waals surface area contributed by atoms with Gasteiger partial charge >= 0.3 is 6.18 Å². The molecule has 0 aliphatic carbocycles. The summed E-state index contributed by atoms with van der Waals surface area (Å²) >= 11 is 1.73. The number of nitrogen functional groups attached to an aromatic ring is 1. The molecule has 1 aliphatic heterocycles. The highest BCUT2D eigenvalue weighted by atomic mass is 32.2. The number of carbonyl (C=O) groups excluding carboxylic acids is 1. The summed E-state index contributed by atoms with van der Waals surface area (Å²) in [4.78, 5) is 13.8. The van der Waals surface area contributed by atoms with Crippen LogP contribution in [0.1, 0.15) is 22.3 Å². The summed E-state index contributed by atoms with van der Waals surface area (Å²) < 4.78 is 38.1. The molecule has 0 saturated carbocycles. The second-order valence-electron chi connectivity index (χ2n) is 4.73. The lowest BCUT2D eigenvalue weighted by Gasteiger charge is -2.24. The van der Waals surface area contributed by atoms with Crippen molar-refractivity contribution in [1.29, 1.82) is 0 Å². The lowest BCUT2D eigenvalue weighted by molar-refractivity contribution is -0.137. The van der Waals surface area contributed by atoms with E-state index >= 15 is 0 Å². The maximum absolute atomic E-state index is 12.7. The zero-order valence-corrected chi connectivity index (χ0v) is 11.7. The minimum Gasteiger partial charge on any atom is -0.398 e. The van der Waals surface area contributed by atoms with Gasteiger partial charge in [0.25, 0.3) is 5.91 Å². The molecule has 1 amide bonds. The fourth-order valence-electron chi connectivity index (χ4n) is 2.10. The van der Waals surface area contributed by atoms with Crippen LogP contribution in [0.4, 0.5) is 18.9 Å². The number of nitrogens with two attached hydrogens (primary N) is 1. The lowest BCUT2D eigenvalue weighted by atomic mass is 10.1. The molecule has 3 nitrogen and oxygen atoms in total. The Hall–Kier alpha value is -1.37. The molecular weight excluding hydrogens is 289 g/mol. The molecule has 1 heterocycles. The summed E-state index contributed by atoms with van der Waals surface area (Å²) in [5.41, 5.74) is 4.78. The number of halogens is 3. The molecule has 1 atom stereocenters. The Morgan fingerprint density at radius 2 is 2.15 bits per heavy atom. The molecule has 0 radical (unpaired) electrons. The van der Waals surface area contributed by atoms with Crippen molar-refractivity contribution < 1.29 is 18.0 Å². The van der Waals surface area contributed by atoms with Crippen molar-refractivity contribution >= 4 is 23.4 Å². The number of benzene rings is 1. The molecule has 110 valence electrons. The van der Waals surface area contributed by atoms with Crippen molar-refractivity contribution in [3.63, 3.8) is 0 Å². The van der Waals surface area contributed by atoms with Crippen LogP contribution in [0.2, 0.25) is 0 Å². The van der Waals surface area contributed by atoms with Crippen LogP contribution in [0.3, 0.4) is 0 Å². The smallest absolute Gasteiger partial charge is 0.398 e. The van der Waals surface area contributed by atoms with E-state index in [2.05, 4.69) is 0 Å². The van der Waals surface area contributed by atoms with Gasteiger partial charge in [-0.3, -0.25) is 4.79 Å². The van der Waals surface area contributed by atoms with Gasteiger partial charge in [0.2, 0.25) is 0 Å². The number of carbonyl (C=O) groups is 1. The Morgan fingerprint density at radius 1 is 1.45 bits per heavy atom. The molecule has 0 aromatic heterocycles. The first-order valence-electron chi connectivity index (χ1n) is 6.12. The van der Waals surface area contributed by atoms with E-state index in [0.717, 1.165) is 36.1 Å². The van der Waals surface area contributed by atoms with Gasteiger partial charge in [-0.25, -0.2) is 0 Å². The molecular formula is C13H15F3N2OS. The molecule has 2 N–H and O–H groups in total. The van der Waals surface area contributed by atoms with Crippen LogP contribution in [0.15, 0.2) is 18.2 Å². The maximum Gasteiger partial charge on any atom is 0.416 e. The van der Waals surface area contributed by atoms with Gasteiger partial charge in [-0.1, -0.05) is 0 Å². The van der Waals surface area contributed by atoms with Crippen molar-refractivity contribution in [3.8, 4) is 0 Å². The van der Waals surface area contributed by atoms with Crippen LogP contribution in [0.25, 0.3) is 0 Å². The molecule has 1 unspecified atom stereocenters. The van der Waals surface area contributed by atoms with Crippen molar-refractivity contribution in [1.82, 2.24) is 4.90 Å². The number of amides is 1. The van der Waals surface area contributed by atoms with Crippen molar-refractivity contribution in [2.45, 2.75) is 18.6 Å². The Kier molecular flexibility index (Phi) is 4.17. The molecule has 1 aliphatic rings. The van der Waals surface area contributed by atoms with Crippen molar-refractivity contribution in [2.75, 3.05) is 24.3 Å². The van der Waals surface area contributed by atoms with Crippen LogP contribution in [-0.4, -0.2) is 35.4 Å². The first-order valence-corrected chi connectivity index (χ1v) is 7.28. The van der Waals surface area contributed by atoms with Gasteiger partial charge < -0.3 is 10.6 Å². The van der Waals surface area contributed by atoms with Crippen molar-refractivity contribution in [3.05, 3.63) is 29.3 Å². The van der Waals surface area contributed by atoms with E-state index in [0.29, 0.717) is 0 Å². The lowest BCUT2D eigenvalue weighted by Crippen LogP contribution is -2.37. The third kappa shape index (κ3) is 3.03. The normalized spacial score (nSPS) is 19.1. The second-order valence-corrected chi connectivity index (χ2v) is 5.88. The predicted octanol–water partition coefficient (Wildman–Crippen LogP) is 2.87. The summed E-state index contributed by atoms with van der Waals surface area (Å²) in [6.07, 6.45) is -3.63. The third-order valence-electron chi connectivity index (χ3n) is 3.38. The first-order chi connectivity index (χ1) is 9.30. The summed E-state index contributed by atoms with van der Waals surface area (Å²) in [7, 11) is 1.61. The molecule has 1 fully saturated rings. The molecule has 0 bridgehead atoms. The Bertz CT molecular complexity index is 513. The van der Waals surface area contributed by atoms with Gasteiger partial charge in [-0.2, -0.15) is 24.9 Å². The number of thioether (sulfide) groups is 1. The number of rotatable bonds is 2. The van der Waals surface area contributed by atoms with Gasteiger partial charge in [0.1, 0.15) is 0 Å². The van der Waals surface area contributed by atoms with E-state index in [-0.39, 0.29) is 17.3 Å². The Morgan fingerprint density at radius 3 is 2.70 bits per heavy atom. The molecule has 1 aromatic rings. The van der Waals surface area contributed by atoms with E-state index in [4.69, 9.17) is 5.73 Å². The van der Waals surface area contributed by atoms with Crippen LogP contribution in [0, 0.1) is 0 Å². The standard InChI is InChI=1S/C13H15F3N2OS/c1-18(9-4-5-20-7-9)12(19)10-6-8(13(14,15)16)2-3-11(10)17/h2-3,6,9H,4-5,7,17H2,1H3. The fraction of sp³-hybridized carbons (Fsp3) is 0.462. The number of hydrogen-bond donors (Lipinski definition) is 1. The average molecular weight is 304 g/mol. The van der Waals surface area contributed by atoms with E-state index in [9.17, 15) is 18.0 Å². The molecule has 1 aromatic carbocycles. The minimum absolute atomic E-state index is 0.0569. The quantitative estimate of drug-likeness (QED) is 0.855. The number of alkyl halides is 3. The van der Waals surface area contributed by atoms with Gasteiger partial charge in [0, 0.05) is 24.5 Å². The highest BCUT2D eigenvalue weighted by molar-refractivity contribution is 7.99. The van der Waals surface area contributed by atoms with Gasteiger partial charge in [0.05, 0.1) is 11.1 Å². The van der Waals surface area contributed by atoms with E-state index in [1.54, 1.807) is 18.8 Å². The average Bonchev–Trinajstić information content (AvgIpc) is 2.90. The molecule has 20 heavy (non-hydrogen) atoms. The zero-order chi connectivity index (χ0) is 14.9. The Balaban J connectivity index is 2.28. The van der Waals surface area contributed by atoms with Gasteiger partial charge in [-0.05, 0) is 30.4 Å². The van der Waals surface area contributed by atoms with Crippen LogP contribution < -0.4 is 5.73 Å². The van der Waals surface area contributed by atoms with Crippen LogP contribution in [-0.2, 0) is 6.18 Å². The SMILES string of the molecule is CN(C(=O)c1cc(C(F)(F)F)ccc1N)C1CCSC1. The van der Waals surface area contributed by atoms with Gasteiger partial charge in [0.15, 0.2) is 0 Å². The summed E-state index contributed by atoms with van der Waals surface area (Å²) in [5.74, 6) is 1.31. The monoisotopic (exact) mass is 304 g/mol. The molecule has 2 rings (SSSR count). The highest BCUT2D eigenvalue weighted by Crippen LogP contribution is 2.32. The molecule has 0 spiro atoms.